The standard InChI is InChI=1S/C29H21Cl2N3O3S/c1-17-22(28-32-25-15-20(30)14-23(31)26(25)37-28)8-5-9-24(17)33-29(38)34-27(35)19-10-12-21(13-11-19)36-16-18-6-3-2-4-7-18/h2-15H,16H2,1H3,(H2,33,34,35,38). The number of nitrogens with one attached hydrogen (secondary N) is 2. The van der Waals surface area contributed by atoms with Crippen molar-refractivity contribution in [1.82, 2.24) is 10.3 Å². The van der Waals surface area contributed by atoms with Gasteiger partial charge >= 0.3 is 0 Å². The number of anilines is 1. The summed E-state index contributed by atoms with van der Waals surface area (Å²) in [5, 5.41) is 6.82. The van der Waals surface area contributed by atoms with Gasteiger partial charge in [0.1, 0.15) is 17.9 Å². The number of aromatic nitrogens is 1. The molecule has 6 nitrogen and oxygen atoms in total. The maximum atomic E-state index is 12.7. The van der Waals surface area contributed by atoms with Gasteiger partial charge in [0.25, 0.3) is 5.91 Å². The fourth-order valence-electron chi connectivity index (χ4n) is 3.85. The third-order valence-corrected chi connectivity index (χ3v) is 6.52. The van der Waals surface area contributed by atoms with E-state index < -0.39 is 0 Å². The Hall–Kier alpha value is -3.91. The van der Waals surface area contributed by atoms with E-state index in [-0.39, 0.29) is 11.0 Å². The highest BCUT2D eigenvalue weighted by atomic mass is 35.5. The number of carbonyl (C=O) groups is 1. The fraction of sp³-hybridized carbons (Fsp3) is 0.0690. The van der Waals surface area contributed by atoms with E-state index in [0.29, 0.717) is 50.6 Å². The first-order valence-corrected chi connectivity index (χ1v) is 12.8. The summed E-state index contributed by atoms with van der Waals surface area (Å²) in [4.78, 5) is 17.3. The molecule has 0 radical (unpaired) electrons. The Bertz CT molecular complexity index is 1640. The molecule has 4 aromatic carbocycles. The molecule has 0 spiro atoms. The molecule has 0 saturated heterocycles. The maximum absolute atomic E-state index is 12.7. The molecular weight excluding hydrogens is 541 g/mol. The summed E-state index contributed by atoms with van der Waals surface area (Å²) in [6.45, 7) is 2.35. The van der Waals surface area contributed by atoms with Gasteiger partial charge in [-0.1, -0.05) is 59.6 Å². The van der Waals surface area contributed by atoms with Gasteiger partial charge in [-0.25, -0.2) is 4.98 Å². The SMILES string of the molecule is Cc1c(NC(=S)NC(=O)c2ccc(OCc3ccccc3)cc2)cccc1-c1nc2cc(Cl)cc(Cl)c2o1. The van der Waals surface area contributed by atoms with Gasteiger partial charge in [0.2, 0.25) is 5.89 Å². The molecule has 38 heavy (non-hydrogen) atoms. The van der Waals surface area contributed by atoms with E-state index in [2.05, 4.69) is 15.6 Å². The van der Waals surface area contributed by atoms with Crippen molar-refractivity contribution in [1.29, 1.82) is 0 Å². The Labute approximate surface area is 234 Å². The number of oxazole rings is 1. The molecule has 0 saturated carbocycles. The smallest absolute Gasteiger partial charge is 0.257 e. The van der Waals surface area contributed by atoms with Crippen LogP contribution in [0.25, 0.3) is 22.6 Å². The van der Waals surface area contributed by atoms with Gasteiger partial charge in [-0.2, -0.15) is 0 Å². The average Bonchev–Trinajstić information content (AvgIpc) is 3.34. The van der Waals surface area contributed by atoms with Crippen molar-refractivity contribution in [3.8, 4) is 17.2 Å². The number of benzene rings is 4. The zero-order chi connectivity index (χ0) is 26.6. The van der Waals surface area contributed by atoms with E-state index in [1.807, 2.05) is 55.5 Å². The van der Waals surface area contributed by atoms with Crippen LogP contribution in [0, 0.1) is 6.92 Å². The van der Waals surface area contributed by atoms with Crippen molar-refractivity contribution in [3.05, 3.63) is 112 Å². The van der Waals surface area contributed by atoms with Gasteiger partial charge < -0.3 is 14.5 Å². The van der Waals surface area contributed by atoms with E-state index in [0.717, 1.165) is 16.7 Å². The van der Waals surface area contributed by atoms with Gasteiger partial charge in [0.05, 0.1) is 5.02 Å². The van der Waals surface area contributed by atoms with E-state index in [9.17, 15) is 4.79 Å². The van der Waals surface area contributed by atoms with E-state index >= 15 is 0 Å². The first-order valence-electron chi connectivity index (χ1n) is 11.6. The first kappa shape index (κ1) is 25.7. The van der Waals surface area contributed by atoms with Crippen LogP contribution in [-0.4, -0.2) is 16.0 Å². The number of hydrogen-bond donors (Lipinski definition) is 2. The van der Waals surface area contributed by atoms with Gasteiger partial charge in [-0.3, -0.25) is 10.1 Å². The largest absolute Gasteiger partial charge is 0.489 e. The predicted octanol–water partition coefficient (Wildman–Crippen LogP) is 7.82. The number of nitrogens with zero attached hydrogens (tertiary/aromatic N) is 1. The number of thiocarbonyl (C=S) groups is 1. The molecule has 1 heterocycles. The quantitative estimate of drug-likeness (QED) is 0.206. The zero-order valence-corrected chi connectivity index (χ0v) is 22.5. The average molecular weight is 562 g/mol. The summed E-state index contributed by atoms with van der Waals surface area (Å²) in [6, 6.07) is 25.6. The molecule has 1 amide bonds. The Balaban J connectivity index is 1.24. The molecule has 1 aromatic heterocycles. The number of fused-ring (bicyclic) bond motifs is 1. The van der Waals surface area contributed by atoms with Crippen LogP contribution < -0.4 is 15.4 Å². The number of rotatable bonds is 6. The molecule has 0 atom stereocenters. The van der Waals surface area contributed by atoms with Crippen LogP contribution in [0.3, 0.4) is 0 Å². The van der Waals surface area contributed by atoms with Crippen LogP contribution in [0.2, 0.25) is 10.0 Å². The fourth-order valence-corrected chi connectivity index (χ4v) is 4.57. The molecule has 0 aliphatic heterocycles. The minimum atomic E-state index is -0.337. The molecule has 0 aliphatic rings. The summed E-state index contributed by atoms with van der Waals surface area (Å²) in [5.41, 5.74) is 4.82. The number of hydrogen-bond acceptors (Lipinski definition) is 5. The van der Waals surface area contributed by atoms with Crippen LogP contribution in [0.5, 0.6) is 5.75 Å². The Morgan fingerprint density at radius 3 is 2.53 bits per heavy atom. The number of halogens is 2. The molecule has 5 aromatic rings. The molecule has 0 unspecified atom stereocenters. The third kappa shape index (κ3) is 5.81. The van der Waals surface area contributed by atoms with Gasteiger partial charge in [0.15, 0.2) is 10.7 Å². The highest BCUT2D eigenvalue weighted by molar-refractivity contribution is 7.80. The monoisotopic (exact) mass is 561 g/mol. The summed E-state index contributed by atoms with van der Waals surface area (Å²) >= 11 is 17.7. The van der Waals surface area contributed by atoms with Crippen molar-refractivity contribution in [2.45, 2.75) is 13.5 Å². The van der Waals surface area contributed by atoms with Crippen LogP contribution in [0.1, 0.15) is 21.5 Å². The van der Waals surface area contributed by atoms with E-state index in [1.165, 1.54) is 0 Å². The van der Waals surface area contributed by atoms with Gasteiger partial charge in [-0.15, -0.1) is 0 Å². The number of carbonyl (C=O) groups excluding carboxylic acids is 1. The van der Waals surface area contributed by atoms with E-state index in [1.54, 1.807) is 36.4 Å². The van der Waals surface area contributed by atoms with Crippen molar-refractivity contribution in [3.63, 3.8) is 0 Å². The lowest BCUT2D eigenvalue weighted by Gasteiger charge is -2.13. The van der Waals surface area contributed by atoms with Gasteiger partial charge in [-0.05, 0) is 78.8 Å². The van der Waals surface area contributed by atoms with Crippen LogP contribution in [-0.2, 0) is 6.61 Å². The molecular formula is C29H21Cl2N3O3S. The molecule has 0 bridgehead atoms. The highest BCUT2D eigenvalue weighted by Crippen LogP contribution is 2.34. The molecule has 5 rings (SSSR count). The normalized spacial score (nSPS) is 10.8. The number of amides is 1. The summed E-state index contributed by atoms with van der Waals surface area (Å²) in [7, 11) is 0. The lowest BCUT2D eigenvalue weighted by atomic mass is 10.1. The Morgan fingerprint density at radius 1 is 1.00 bits per heavy atom. The topological polar surface area (TPSA) is 76.4 Å². The van der Waals surface area contributed by atoms with Crippen LogP contribution >= 0.6 is 35.4 Å². The lowest BCUT2D eigenvalue weighted by Crippen LogP contribution is -2.34. The second-order valence-corrected chi connectivity index (χ2v) is 9.69. The van der Waals surface area contributed by atoms with Crippen molar-refractivity contribution in [2.75, 3.05) is 5.32 Å². The summed E-state index contributed by atoms with van der Waals surface area (Å²) in [6.07, 6.45) is 0. The molecule has 2 N–H and O–H groups in total. The molecule has 0 aliphatic carbocycles. The third-order valence-electron chi connectivity index (χ3n) is 5.81. The molecule has 190 valence electrons. The second kappa shape index (κ2) is 11.2. The molecule has 0 fully saturated rings. The predicted molar refractivity (Wildman–Crippen MR) is 155 cm³/mol. The van der Waals surface area contributed by atoms with Gasteiger partial charge in [0, 0.05) is 21.8 Å². The Kier molecular flexibility index (Phi) is 7.60. The van der Waals surface area contributed by atoms with Crippen LogP contribution in [0.4, 0.5) is 5.69 Å². The highest BCUT2D eigenvalue weighted by Gasteiger charge is 2.16. The Morgan fingerprint density at radius 2 is 1.76 bits per heavy atom. The summed E-state index contributed by atoms with van der Waals surface area (Å²) < 4.78 is 11.7. The lowest BCUT2D eigenvalue weighted by molar-refractivity contribution is 0.0977. The van der Waals surface area contributed by atoms with Crippen LogP contribution in [0.15, 0.2) is 89.3 Å². The zero-order valence-electron chi connectivity index (χ0n) is 20.1. The number of ether oxygens (including phenoxy) is 1. The van der Waals surface area contributed by atoms with Crippen molar-refractivity contribution < 1.29 is 13.9 Å². The molecule has 9 heteroatoms. The second-order valence-electron chi connectivity index (χ2n) is 8.44. The van der Waals surface area contributed by atoms with Crippen molar-refractivity contribution >= 4 is 63.2 Å². The maximum Gasteiger partial charge on any atom is 0.257 e. The minimum Gasteiger partial charge on any atom is -0.489 e. The summed E-state index contributed by atoms with van der Waals surface area (Å²) in [5.74, 6) is 0.729. The minimum absolute atomic E-state index is 0.159. The van der Waals surface area contributed by atoms with E-state index in [4.69, 9.17) is 44.6 Å². The first-order chi connectivity index (χ1) is 18.4. The van der Waals surface area contributed by atoms with Crippen molar-refractivity contribution in [2.24, 2.45) is 0 Å².